The molecule has 0 aliphatic carbocycles. The van der Waals surface area contributed by atoms with E-state index in [0.717, 1.165) is 19.4 Å². The minimum Gasteiger partial charge on any atom is -0.312 e. The minimum absolute atomic E-state index is 0.350. The highest BCUT2D eigenvalue weighted by Gasteiger charge is 2.36. The molecular weight excluding hydrogens is 250 g/mol. The van der Waals surface area contributed by atoms with E-state index in [-0.39, 0.29) is 0 Å². The normalized spacial score (nSPS) is 14.7. The average Bonchev–Trinajstić information content (AvgIpc) is 2.21. The maximum atomic E-state index is 11.3. The van der Waals surface area contributed by atoms with Crippen LogP contribution in [0.3, 0.4) is 0 Å². The molecule has 1 atom stereocenters. The summed E-state index contributed by atoms with van der Waals surface area (Å²) in [6, 6.07) is 0. The molecule has 0 fully saturated rings. The Kier molecular flexibility index (Phi) is 8.06. The van der Waals surface area contributed by atoms with Gasteiger partial charge in [-0.2, -0.15) is 8.42 Å². The van der Waals surface area contributed by atoms with E-state index in [1.165, 1.54) is 25.7 Å². The van der Waals surface area contributed by atoms with Gasteiger partial charge in [-0.25, -0.2) is 0 Å². The molecule has 5 heteroatoms. The molecule has 110 valence electrons. The van der Waals surface area contributed by atoms with Crippen molar-refractivity contribution in [1.82, 2.24) is 0 Å². The Morgan fingerprint density at radius 1 is 1.00 bits per heavy atom. The van der Waals surface area contributed by atoms with Crippen molar-refractivity contribution < 1.29 is 17.5 Å². The van der Waals surface area contributed by atoms with E-state index in [4.69, 9.17) is 0 Å². The van der Waals surface area contributed by atoms with Crippen molar-refractivity contribution in [3.05, 3.63) is 0 Å². The van der Waals surface area contributed by atoms with Crippen molar-refractivity contribution in [2.24, 2.45) is 0 Å². The van der Waals surface area contributed by atoms with Crippen LogP contribution >= 0.6 is 0 Å². The standard InChI is InChI=1S/C13H29NO3S/c1-5-7-8-9-10-11-12-14(3,4)13(6-2)18(15,16)17/h13H,5-12H2,1-4H3/p+1. The number of hydrogen-bond donors (Lipinski definition) is 1. The Morgan fingerprint density at radius 2 is 1.50 bits per heavy atom. The lowest BCUT2D eigenvalue weighted by atomic mass is 10.1. The van der Waals surface area contributed by atoms with E-state index in [2.05, 4.69) is 6.92 Å². The van der Waals surface area contributed by atoms with E-state index in [0.29, 0.717) is 10.9 Å². The SMILES string of the molecule is CCCCCCCC[N+](C)(C)C(CC)S(=O)(=O)O. The zero-order valence-electron chi connectivity index (χ0n) is 12.4. The van der Waals surface area contributed by atoms with E-state index >= 15 is 0 Å². The predicted octanol–water partition coefficient (Wildman–Crippen LogP) is 3.05. The van der Waals surface area contributed by atoms with Crippen LogP contribution in [-0.4, -0.2) is 43.5 Å². The maximum Gasteiger partial charge on any atom is 0.319 e. The first-order chi connectivity index (χ1) is 8.25. The highest BCUT2D eigenvalue weighted by atomic mass is 32.2. The number of rotatable bonds is 10. The molecule has 0 saturated heterocycles. The van der Waals surface area contributed by atoms with E-state index < -0.39 is 15.5 Å². The third kappa shape index (κ3) is 6.71. The van der Waals surface area contributed by atoms with Gasteiger partial charge >= 0.3 is 10.1 Å². The predicted molar refractivity (Wildman–Crippen MR) is 76.0 cm³/mol. The molecule has 0 aromatic heterocycles. The van der Waals surface area contributed by atoms with Crippen LogP contribution in [0.5, 0.6) is 0 Å². The molecule has 0 amide bonds. The van der Waals surface area contributed by atoms with Crippen LogP contribution in [0.4, 0.5) is 0 Å². The highest BCUT2D eigenvalue weighted by Crippen LogP contribution is 2.18. The van der Waals surface area contributed by atoms with Crippen molar-refractivity contribution in [2.45, 2.75) is 64.2 Å². The summed E-state index contributed by atoms with van der Waals surface area (Å²) in [5.74, 6) is 0. The summed E-state index contributed by atoms with van der Waals surface area (Å²) in [5, 5.41) is -0.701. The van der Waals surface area contributed by atoms with Gasteiger partial charge in [0.15, 0.2) is 0 Å². The second-order valence-electron chi connectivity index (χ2n) is 5.65. The minimum atomic E-state index is -3.95. The summed E-state index contributed by atoms with van der Waals surface area (Å²) in [6.45, 7) is 4.79. The lowest BCUT2D eigenvalue weighted by Gasteiger charge is -2.35. The summed E-state index contributed by atoms with van der Waals surface area (Å²) in [4.78, 5) is 0. The van der Waals surface area contributed by atoms with Crippen molar-refractivity contribution >= 4 is 10.1 Å². The number of nitrogens with zero attached hydrogens (tertiary/aromatic N) is 1. The molecule has 0 radical (unpaired) electrons. The molecule has 0 saturated carbocycles. The molecule has 0 heterocycles. The largest absolute Gasteiger partial charge is 0.319 e. The van der Waals surface area contributed by atoms with E-state index in [1.54, 1.807) is 6.92 Å². The molecule has 0 bridgehead atoms. The van der Waals surface area contributed by atoms with Gasteiger partial charge in [-0.3, -0.25) is 4.55 Å². The van der Waals surface area contributed by atoms with Gasteiger partial charge in [0, 0.05) is 6.42 Å². The van der Waals surface area contributed by atoms with Crippen LogP contribution in [-0.2, 0) is 10.1 Å². The van der Waals surface area contributed by atoms with Crippen molar-refractivity contribution in [1.29, 1.82) is 0 Å². The second kappa shape index (κ2) is 8.12. The number of hydrogen-bond acceptors (Lipinski definition) is 2. The number of quaternary nitrogens is 1. The smallest absolute Gasteiger partial charge is 0.312 e. The first-order valence-electron chi connectivity index (χ1n) is 7.04. The fraction of sp³-hybridized carbons (Fsp3) is 1.00. The zero-order valence-corrected chi connectivity index (χ0v) is 13.2. The first kappa shape index (κ1) is 17.9. The molecule has 18 heavy (non-hydrogen) atoms. The van der Waals surface area contributed by atoms with Gasteiger partial charge in [0.1, 0.15) is 0 Å². The molecular formula is C13H30NO3S+. The fourth-order valence-electron chi connectivity index (χ4n) is 2.51. The molecule has 1 unspecified atom stereocenters. The molecule has 0 spiro atoms. The Bertz CT molecular complexity index is 312. The average molecular weight is 280 g/mol. The summed E-state index contributed by atoms with van der Waals surface area (Å²) in [7, 11) is -0.186. The van der Waals surface area contributed by atoms with Crippen LogP contribution in [0.1, 0.15) is 58.8 Å². The van der Waals surface area contributed by atoms with Crippen LogP contribution in [0.2, 0.25) is 0 Å². The second-order valence-corrected chi connectivity index (χ2v) is 7.22. The number of unbranched alkanes of at least 4 members (excludes halogenated alkanes) is 5. The van der Waals surface area contributed by atoms with Crippen molar-refractivity contribution in [2.75, 3.05) is 20.6 Å². The third-order valence-electron chi connectivity index (χ3n) is 3.56. The quantitative estimate of drug-likeness (QED) is 0.380. The van der Waals surface area contributed by atoms with Gasteiger partial charge < -0.3 is 4.48 Å². The Morgan fingerprint density at radius 3 is 1.94 bits per heavy atom. The molecule has 0 aliphatic heterocycles. The lowest BCUT2D eigenvalue weighted by Crippen LogP contribution is -2.52. The monoisotopic (exact) mass is 280 g/mol. The van der Waals surface area contributed by atoms with Gasteiger partial charge in [-0.1, -0.05) is 39.5 Å². The zero-order chi connectivity index (χ0) is 14.2. The van der Waals surface area contributed by atoms with Gasteiger partial charge in [0.25, 0.3) is 0 Å². The van der Waals surface area contributed by atoms with Crippen LogP contribution < -0.4 is 0 Å². The van der Waals surface area contributed by atoms with Gasteiger partial charge in [-0.05, 0) is 12.8 Å². The van der Waals surface area contributed by atoms with Crippen LogP contribution in [0, 0.1) is 0 Å². The van der Waals surface area contributed by atoms with Crippen molar-refractivity contribution in [3.63, 3.8) is 0 Å². The van der Waals surface area contributed by atoms with Crippen molar-refractivity contribution in [3.8, 4) is 0 Å². The summed E-state index contributed by atoms with van der Waals surface area (Å²) >= 11 is 0. The topological polar surface area (TPSA) is 54.4 Å². The molecule has 0 aromatic rings. The van der Waals surface area contributed by atoms with E-state index in [1.807, 2.05) is 14.1 Å². The highest BCUT2D eigenvalue weighted by molar-refractivity contribution is 7.86. The summed E-state index contributed by atoms with van der Waals surface area (Å²) in [5.41, 5.74) is 0. The third-order valence-corrected chi connectivity index (χ3v) is 5.15. The molecule has 0 aromatic carbocycles. The van der Waals surface area contributed by atoms with Gasteiger partial charge in [-0.15, -0.1) is 0 Å². The lowest BCUT2D eigenvalue weighted by molar-refractivity contribution is -0.902. The molecule has 4 nitrogen and oxygen atoms in total. The maximum absolute atomic E-state index is 11.3. The summed E-state index contributed by atoms with van der Waals surface area (Å²) in [6.07, 6.45) is 7.60. The molecule has 1 N–H and O–H groups in total. The van der Waals surface area contributed by atoms with E-state index in [9.17, 15) is 13.0 Å². The fourth-order valence-corrected chi connectivity index (χ4v) is 3.76. The van der Waals surface area contributed by atoms with Gasteiger partial charge in [0.05, 0.1) is 20.6 Å². The first-order valence-corrected chi connectivity index (χ1v) is 8.55. The molecule has 0 aliphatic rings. The van der Waals surface area contributed by atoms with Crippen LogP contribution in [0.15, 0.2) is 0 Å². The Hall–Kier alpha value is -0.130. The van der Waals surface area contributed by atoms with Gasteiger partial charge in [0.2, 0.25) is 5.37 Å². The Balaban J connectivity index is 4.13. The Labute approximate surface area is 113 Å². The molecule has 0 rings (SSSR count). The van der Waals surface area contributed by atoms with Crippen LogP contribution in [0.25, 0.3) is 0 Å². The summed E-state index contributed by atoms with van der Waals surface area (Å²) < 4.78 is 32.2.